The molecule has 1 rings (SSSR count). The van der Waals surface area contributed by atoms with Crippen molar-refractivity contribution < 1.29 is 22.3 Å². The maximum Gasteiger partial charge on any atom is 0.573 e. The normalized spacial score (nSPS) is 12.1. The second-order valence-electron chi connectivity index (χ2n) is 3.12. The molecule has 0 aliphatic heterocycles. The number of rotatable bonds is 4. The minimum absolute atomic E-state index is 0.425. The third-order valence-electron chi connectivity index (χ3n) is 1.77. The second kappa shape index (κ2) is 5.91. The molecule has 0 spiro atoms. The highest BCUT2D eigenvalue weighted by atomic mass is 35.5. The highest BCUT2D eigenvalue weighted by Crippen LogP contribution is 2.26. The highest BCUT2D eigenvalue weighted by molar-refractivity contribution is 6.17. The average molecular weight is 269 g/mol. The summed E-state index contributed by atoms with van der Waals surface area (Å²) in [5.41, 5.74) is 0.446. The molecular formula is C11H9ClF4O. The van der Waals surface area contributed by atoms with Crippen molar-refractivity contribution in [3.8, 4) is 5.75 Å². The fourth-order valence-corrected chi connectivity index (χ4v) is 1.24. The van der Waals surface area contributed by atoms with Crippen LogP contribution in [-0.4, -0.2) is 12.2 Å². The Kier molecular flexibility index (Phi) is 4.81. The molecule has 0 unspecified atom stereocenters. The predicted molar refractivity (Wildman–Crippen MR) is 57.5 cm³/mol. The molecule has 17 heavy (non-hydrogen) atoms. The SMILES string of the molecule is Fc1cc(C=CCCCl)ccc1OC(F)(F)F. The molecule has 0 saturated heterocycles. The van der Waals surface area contributed by atoms with Crippen molar-refractivity contribution in [2.75, 3.05) is 5.88 Å². The quantitative estimate of drug-likeness (QED) is 0.582. The summed E-state index contributed by atoms with van der Waals surface area (Å²) in [5.74, 6) is -1.48. The lowest BCUT2D eigenvalue weighted by Gasteiger charge is -2.09. The smallest absolute Gasteiger partial charge is 0.403 e. The molecule has 1 aromatic carbocycles. The van der Waals surface area contributed by atoms with Crippen molar-refractivity contribution in [3.63, 3.8) is 0 Å². The van der Waals surface area contributed by atoms with Gasteiger partial charge in [0.15, 0.2) is 11.6 Å². The molecule has 6 heteroatoms. The number of benzene rings is 1. The standard InChI is InChI=1S/C11H9ClF4O/c12-6-2-1-3-8-4-5-10(9(13)7-8)17-11(14,15)16/h1,3-5,7H,2,6H2. The van der Waals surface area contributed by atoms with Crippen LogP contribution >= 0.6 is 11.6 Å². The van der Waals surface area contributed by atoms with Gasteiger partial charge in [-0.05, 0) is 24.1 Å². The molecular weight excluding hydrogens is 260 g/mol. The minimum Gasteiger partial charge on any atom is -0.403 e. The van der Waals surface area contributed by atoms with Crippen LogP contribution in [0.3, 0.4) is 0 Å². The van der Waals surface area contributed by atoms with Gasteiger partial charge in [-0.2, -0.15) is 0 Å². The summed E-state index contributed by atoms with van der Waals surface area (Å²) in [5, 5.41) is 0. The second-order valence-corrected chi connectivity index (χ2v) is 3.50. The molecule has 1 aromatic rings. The van der Waals surface area contributed by atoms with Crippen molar-refractivity contribution in [1.82, 2.24) is 0 Å². The molecule has 1 nitrogen and oxygen atoms in total. The fraction of sp³-hybridized carbons (Fsp3) is 0.273. The molecule has 94 valence electrons. The van der Waals surface area contributed by atoms with E-state index in [-0.39, 0.29) is 0 Å². The Morgan fingerprint density at radius 3 is 2.53 bits per heavy atom. The molecule has 0 aliphatic carbocycles. The van der Waals surface area contributed by atoms with Gasteiger partial charge in [-0.15, -0.1) is 24.8 Å². The summed E-state index contributed by atoms with van der Waals surface area (Å²) in [7, 11) is 0. The lowest BCUT2D eigenvalue weighted by atomic mass is 10.2. The maximum absolute atomic E-state index is 13.2. The van der Waals surface area contributed by atoms with Crippen LogP contribution in [0.1, 0.15) is 12.0 Å². The highest BCUT2D eigenvalue weighted by Gasteiger charge is 2.32. The van der Waals surface area contributed by atoms with E-state index in [0.717, 1.165) is 12.1 Å². The van der Waals surface area contributed by atoms with E-state index >= 15 is 0 Å². The van der Waals surface area contributed by atoms with Crippen LogP contribution in [0.4, 0.5) is 17.6 Å². The molecule has 0 amide bonds. The average Bonchev–Trinajstić information content (AvgIpc) is 2.21. The van der Waals surface area contributed by atoms with E-state index < -0.39 is 17.9 Å². The van der Waals surface area contributed by atoms with Gasteiger partial charge in [0.2, 0.25) is 0 Å². The van der Waals surface area contributed by atoms with Crippen molar-refractivity contribution in [2.45, 2.75) is 12.8 Å². The Morgan fingerprint density at radius 1 is 1.29 bits per heavy atom. The first-order chi connectivity index (χ1) is 7.92. The molecule has 0 atom stereocenters. The maximum atomic E-state index is 13.2. The molecule has 0 radical (unpaired) electrons. The van der Waals surface area contributed by atoms with E-state index in [0.29, 0.717) is 17.9 Å². The number of alkyl halides is 4. The van der Waals surface area contributed by atoms with Gasteiger partial charge in [-0.1, -0.05) is 18.2 Å². The van der Waals surface area contributed by atoms with Crippen LogP contribution in [0.15, 0.2) is 24.3 Å². The van der Waals surface area contributed by atoms with Crippen molar-refractivity contribution in [1.29, 1.82) is 0 Å². The zero-order valence-electron chi connectivity index (χ0n) is 8.60. The lowest BCUT2D eigenvalue weighted by Crippen LogP contribution is -2.17. The molecule has 0 bridgehead atoms. The van der Waals surface area contributed by atoms with Gasteiger partial charge >= 0.3 is 6.36 Å². The van der Waals surface area contributed by atoms with Crippen LogP contribution in [-0.2, 0) is 0 Å². The fourth-order valence-electron chi connectivity index (χ4n) is 1.11. The molecule has 0 fully saturated rings. The van der Waals surface area contributed by atoms with Crippen molar-refractivity contribution >= 4 is 17.7 Å². The molecule has 0 N–H and O–H groups in total. The molecule has 0 aromatic heterocycles. The summed E-state index contributed by atoms with van der Waals surface area (Å²) < 4.78 is 52.3. The third kappa shape index (κ3) is 5.08. The number of ether oxygens (including phenoxy) is 1. The summed E-state index contributed by atoms with van der Waals surface area (Å²) in [6.07, 6.45) is -1.02. The van der Waals surface area contributed by atoms with Crippen LogP contribution in [0, 0.1) is 5.82 Å². The van der Waals surface area contributed by atoms with E-state index in [9.17, 15) is 17.6 Å². The molecule has 0 heterocycles. The van der Waals surface area contributed by atoms with Gasteiger partial charge in [0.25, 0.3) is 0 Å². The number of hydrogen-bond donors (Lipinski definition) is 0. The topological polar surface area (TPSA) is 9.23 Å². The monoisotopic (exact) mass is 268 g/mol. The van der Waals surface area contributed by atoms with Gasteiger partial charge in [-0.3, -0.25) is 0 Å². The van der Waals surface area contributed by atoms with E-state index in [1.165, 1.54) is 6.07 Å². The first-order valence-corrected chi connectivity index (χ1v) is 5.23. The molecule has 0 aliphatic rings. The third-order valence-corrected chi connectivity index (χ3v) is 1.99. The van der Waals surface area contributed by atoms with Gasteiger partial charge in [0, 0.05) is 5.88 Å². The number of allylic oxidation sites excluding steroid dienone is 1. The van der Waals surface area contributed by atoms with Crippen LogP contribution < -0.4 is 4.74 Å². The summed E-state index contributed by atoms with van der Waals surface area (Å²) in [6, 6.07) is 3.23. The number of hydrogen-bond acceptors (Lipinski definition) is 1. The Morgan fingerprint density at radius 2 is 2.00 bits per heavy atom. The van der Waals surface area contributed by atoms with Gasteiger partial charge in [-0.25, -0.2) is 4.39 Å². The van der Waals surface area contributed by atoms with E-state index in [1.54, 1.807) is 12.2 Å². The van der Waals surface area contributed by atoms with E-state index in [2.05, 4.69) is 4.74 Å². The van der Waals surface area contributed by atoms with Gasteiger partial charge in [0.1, 0.15) is 0 Å². The van der Waals surface area contributed by atoms with Gasteiger partial charge in [0.05, 0.1) is 0 Å². The minimum atomic E-state index is -4.89. The Labute approximate surface area is 101 Å². The lowest BCUT2D eigenvalue weighted by molar-refractivity contribution is -0.275. The van der Waals surface area contributed by atoms with Gasteiger partial charge < -0.3 is 4.74 Å². The number of halogens is 5. The summed E-state index contributed by atoms with van der Waals surface area (Å²) in [4.78, 5) is 0. The Bertz CT molecular complexity index is 401. The first-order valence-electron chi connectivity index (χ1n) is 4.70. The van der Waals surface area contributed by atoms with Crippen molar-refractivity contribution in [3.05, 3.63) is 35.7 Å². The van der Waals surface area contributed by atoms with Crippen LogP contribution in [0.2, 0.25) is 0 Å². The summed E-state index contributed by atoms with van der Waals surface area (Å²) in [6.45, 7) is 0. The van der Waals surface area contributed by atoms with Crippen LogP contribution in [0.25, 0.3) is 6.08 Å². The first kappa shape index (κ1) is 13.8. The van der Waals surface area contributed by atoms with Crippen molar-refractivity contribution in [2.24, 2.45) is 0 Å². The van der Waals surface area contributed by atoms with E-state index in [1.807, 2.05) is 0 Å². The summed E-state index contributed by atoms with van der Waals surface area (Å²) >= 11 is 5.43. The zero-order valence-corrected chi connectivity index (χ0v) is 9.35. The predicted octanol–water partition coefficient (Wildman–Crippen LogP) is 4.37. The van der Waals surface area contributed by atoms with E-state index in [4.69, 9.17) is 11.6 Å². The largest absolute Gasteiger partial charge is 0.573 e. The zero-order chi connectivity index (χ0) is 12.9. The Balaban J connectivity index is 2.79. The van der Waals surface area contributed by atoms with Crippen LogP contribution in [0.5, 0.6) is 5.75 Å². The Hall–Kier alpha value is -1.23. The molecule has 0 saturated carbocycles.